The zero-order valence-corrected chi connectivity index (χ0v) is 17.0. The summed E-state index contributed by atoms with van der Waals surface area (Å²) in [6.45, 7) is 2.60. The molecule has 0 bridgehead atoms. The predicted molar refractivity (Wildman–Crippen MR) is 104 cm³/mol. The van der Waals surface area contributed by atoms with Crippen LogP contribution < -0.4 is 5.32 Å². The second-order valence-corrected chi connectivity index (χ2v) is 8.68. The van der Waals surface area contributed by atoms with Crippen LogP contribution >= 0.6 is 0 Å². The van der Waals surface area contributed by atoms with Gasteiger partial charge in [0, 0.05) is 13.1 Å². The minimum absolute atomic E-state index is 0.00152. The van der Waals surface area contributed by atoms with Crippen molar-refractivity contribution in [1.29, 1.82) is 0 Å². The Balaban J connectivity index is 1.46. The number of ketones is 2. The monoisotopic (exact) mass is 408 g/mol. The van der Waals surface area contributed by atoms with Crippen molar-refractivity contribution >= 4 is 17.7 Å². The fourth-order valence-corrected chi connectivity index (χ4v) is 5.12. The smallest absolute Gasteiger partial charge is 0.410 e. The molecule has 1 aliphatic carbocycles. The van der Waals surface area contributed by atoms with Crippen LogP contribution in [0.25, 0.3) is 0 Å². The molecular weight excluding hydrogens is 376 g/mol. The van der Waals surface area contributed by atoms with Crippen molar-refractivity contribution < 1.29 is 28.6 Å². The fraction of sp³-hybridized carbons (Fsp3) is 0.857. The maximum absolute atomic E-state index is 13.5. The van der Waals surface area contributed by atoms with Crippen molar-refractivity contribution in [3.05, 3.63) is 0 Å². The molecule has 0 aromatic carbocycles. The van der Waals surface area contributed by atoms with Crippen LogP contribution in [-0.2, 0) is 23.8 Å². The zero-order chi connectivity index (χ0) is 20.2. The lowest BCUT2D eigenvalue weighted by Gasteiger charge is -2.35. The van der Waals surface area contributed by atoms with Gasteiger partial charge in [0.15, 0.2) is 17.7 Å². The van der Waals surface area contributed by atoms with E-state index in [-0.39, 0.29) is 18.2 Å². The highest BCUT2D eigenvalue weighted by Crippen LogP contribution is 2.32. The Hall–Kier alpha value is -1.51. The van der Waals surface area contributed by atoms with E-state index in [0.717, 1.165) is 12.8 Å². The van der Waals surface area contributed by atoms with Crippen LogP contribution in [0.3, 0.4) is 0 Å². The minimum Gasteiger partial charge on any atom is -0.438 e. The molecule has 1 N–H and O–H groups in total. The van der Waals surface area contributed by atoms with Crippen LogP contribution in [0.5, 0.6) is 0 Å². The number of amides is 1. The van der Waals surface area contributed by atoms with E-state index in [0.29, 0.717) is 51.6 Å². The van der Waals surface area contributed by atoms with E-state index < -0.39 is 30.3 Å². The molecule has 3 heterocycles. The lowest BCUT2D eigenvalue weighted by Crippen LogP contribution is -2.54. The largest absolute Gasteiger partial charge is 0.438 e. The molecule has 3 saturated heterocycles. The number of piperidine rings is 1. The topological polar surface area (TPSA) is 94.2 Å². The van der Waals surface area contributed by atoms with Crippen molar-refractivity contribution in [2.45, 2.75) is 63.2 Å². The number of carbonyl (C=O) groups is 3. The van der Waals surface area contributed by atoms with Crippen molar-refractivity contribution in [3.8, 4) is 0 Å². The Morgan fingerprint density at radius 2 is 1.90 bits per heavy atom. The van der Waals surface area contributed by atoms with Gasteiger partial charge in [0.2, 0.25) is 0 Å². The number of rotatable bonds is 5. The molecule has 1 saturated carbocycles. The number of hydrogen-bond acceptors (Lipinski definition) is 7. The first-order chi connectivity index (χ1) is 14.1. The summed E-state index contributed by atoms with van der Waals surface area (Å²) in [6, 6.07) is -0.414. The zero-order valence-electron chi connectivity index (χ0n) is 17.0. The van der Waals surface area contributed by atoms with E-state index in [1.54, 1.807) is 4.90 Å². The summed E-state index contributed by atoms with van der Waals surface area (Å²) < 4.78 is 16.8. The van der Waals surface area contributed by atoms with Gasteiger partial charge in [0.05, 0.1) is 31.3 Å². The van der Waals surface area contributed by atoms with Crippen LogP contribution in [0.15, 0.2) is 0 Å². The van der Waals surface area contributed by atoms with Crippen LogP contribution in [0.2, 0.25) is 0 Å². The summed E-state index contributed by atoms with van der Waals surface area (Å²) in [4.78, 5) is 39.9. The predicted octanol–water partition coefficient (Wildman–Crippen LogP) is 1.31. The first-order valence-corrected chi connectivity index (χ1v) is 11.1. The molecule has 162 valence electrons. The van der Waals surface area contributed by atoms with Gasteiger partial charge in [0.1, 0.15) is 6.61 Å². The molecular formula is C21H32N2O6. The van der Waals surface area contributed by atoms with Gasteiger partial charge in [-0.25, -0.2) is 4.79 Å². The second-order valence-electron chi connectivity index (χ2n) is 8.68. The molecule has 8 nitrogen and oxygen atoms in total. The number of Topliss-reactive ketones (excluding diaryl/α,β-unsaturated/α-hetero) is 2. The van der Waals surface area contributed by atoms with Crippen molar-refractivity contribution in [1.82, 2.24) is 10.2 Å². The quantitative estimate of drug-likeness (QED) is 0.733. The standard InChI is InChI=1S/C21H32N2O6/c24-16-13-28-20-15(6-7-22-18(16)20)19(25)17(12-14-4-2-1-3-5-14)29-21(26)23-8-10-27-11-9-23/h14-15,17-18,20,22H,1-13H2. The third-order valence-corrected chi connectivity index (χ3v) is 6.78. The average molecular weight is 408 g/mol. The normalized spacial score (nSPS) is 31.9. The average Bonchev–Trinajstić information content (AvgIpc) is 3.15. The van der Waals surface area contributed by atoms with E-state index in [4.69, 9.17) is 14.2 Å². The summed E-state index contributed by atoms with van der Waals surface area (Å²) in [7, 11) is 0. The number of nitrogens with zero attached hydrogens (tertiary/aromatic N) is 1. The molecule has 1 amide bonds. The lowest BCUT2D eigenvalue weighted by molar-refractivity contribution is -0.139. The Labute approximate surface area is 171 Å². The van der Waals surface area contributed by atoms with Crippen LogP contribution in [0.4, 0.5) is 4.79 Å². The van der Waals surface area contributed by atoms with Crippen molar-refractivity contribution in [2.24, 2.45) is 11.8 Å². The number of morpholine rings is 1. The van der Waals surface area contributed by atoms with E-state index >= 15 is 0 Å². The summed E-state index contributed by atoms with van der Waals surface area (Å²) in [5, 5.41) is 3.17. The van der Waals surface area contributed by atoms with Crippen LogP contribution in [0.1, 0.15) is 44.9 Å². The molecule has 4 atom stereocenters. The SMILES string of the molecule is O=C(C(CC1CCCCC1)OC(=O)N1CCOCC1)C1CCNC2C(=O)COC12. The van der Waals surface area contributed by atoms with Crippen LogP contribution in [0, 0.1) is 11.8 Å². The first-order valence-electron chi connectivity index (χ1n) is 11.1. The van der Waals surface area contributed by atoms with E-state index in [1.165, 1.54) is 19.3 Å². The third kappa shape index (κ3) is 4.81. The molecule has 4 fully saturated rings. The Morgan fingerprint density at radius 3 is 2.66 bits per heavy atom. The third-order valence-electron chi connectivity index (χ3n) is 6.78. The van der Waals surface area contributed by atoms with Gasteiger partial charge in [0.25, 0.3) is 0 Å². The number of carbonyl (C=O) groups excluding carboxylic acids is 3. The highest BCUT2D eigenvalue weighted by atomic mass is 16.6. The molecule has 8 heteroatoms. The molecule has 0 spiro atoms. The molecule has 3 aliphatic heterocycles. The fourth-order valence-electron chi connectivity index (χ4n) is 5.12. The second kappa shape index (κ2) is 9.53. The molecule has 4 aliphatic rings. The van der Waals surface area contributed by atoms with E-state index in [2.05, 4.69) is 5.32 Å². The lowest BCUT2D eigenvalue weighted by atomic mass is 9.79. The number of nitrogens with one attached hydrogen (secondary N) is 1. The van der Waals surface area contributed by atoms with Gasteiger partial charge in [-0.1, -0.05) is 32.1 Å². The number of hydrogen-bond donors (Lipinski definition) is 1. The van der Waals surface area contributed by atoms with Gasteiger partial charge in [-0.2, -0.15) is 0 Å². The highest BCUT2D eigenvalue weighted by molar-refractivity contribution is 5.92. The molecule has 0 radical (unpaired) electrons. The summed E-state index contributed by atoms with van der Waals surface area (Å²) in [5.41, 5.74) is 0. The molecule has 29 heavy (non-hydrogen) atoms. The van der Waals surface area contributed by atoms with Gasteiger partial charge in [-0.05, 0) is 25.3 Å². The van der Waals surface area contributed by atoms with Crippen LogP contribution in [-0.4, -0.2) is 80.3 Å². The summed E-state index contributed by atoms with van der Waals surface area (Å²) >= 11 is 0. The highest BCUT2D eigenvalue weighted by Gasteiger charge is 2.48. The van der Waals surface area contributed by atoms with Gasteiger partial charge in [-0.3, -0.25) is 9.59 Å². The number of ether oxygens (including phenoxy) is 3. The van der Waals surface area contributed by atoms with Crippen molar-refractivity contribution in [2.75, 3.05) is 39.5 Å². The Morgan fingerprint density at radius 1 is 1.14 bits per heavy atom. The Bertz CT molecular complexity index is 614. The molecule has 4 rings (SSSR count). The van der Waals surface area contributed by atoms with E-state index in [1.807, 2.05) is 0 Å². The summed E-state index contributed by atoms with van der Waals surface area (Å²) in [5.74, 6) is -0.0809. The van der Waals surface area contributed by atoms with Gasteiger partial charge < -0.3 is 24.4 Å². The first kappa shape index (κ1) is 20.8. The Kier molecular flexibility index (Phi) is 6.82. The molecule has 0 aromatic heterocycles. The maximum atomic E-state index is 13.5. The maximum Gasteiger partial charge on any atom is 0.410 e. The summed E-state index contributed by atoms with van der Waals surface area (Å²) in [6.07, 6.45) is 5.24. The minimum atomic E-state index is -0.767. The molecule has 4 unspecified atom stereocenters. The van der Waals surface area contributed by atoms with Crippen molar-refractivity contribution in [3.63, 3.8) is 0 Å². The molecule has 0 aromatic rings. The van der Waals surface area contributed by atoms with Gasteiger partial charge in [-0.15, -0.1) is 0 Å². The number of fused-ring (bicyclic) bond motifs is 1. The van der Waals surface area contributed by atoms with E-state index in [9.17, 15) is 14.4 Å². The van der Waals surface area contributed by atoms with Gasteiger partial charge >= 0.3 is 6.09 Å².